The molecular weight excluding hydrogens is 344 g/mol. The molecule has 2 atom stereocenters. The second kappa shape index (κ2) is 9.97. The highest BCUT2D eigenvalue weighted by Crippen LogP contribution is 2.18. The van der Waals surface area contributed by atoms with Crippen LogP contribution in [0.3, 0.4) is 0 Å². The van der Waals surface area contributed by atoms with Crippen LogP contribution in [-0.4, -0.2) is 29.1 Å². The fourth-order valence-electron chi connectivity index (χ4n) is 2.65. The second-order valence-electron chi connectivity index (χ2n) is 6.20. The van der Waals surface area contributed by atoms with Gasteiger partial charge in [-0.3, -0.25) is 9.59 Å². The number of carbonyl (C=O) groups is 2. The smallest absolute Gasteiger partial charge is 0.303 e. The number of nitrogens with one attached hydrogen (secondary N) is 1. The van der Waals surface area contributed by atoms with Crippen molar-refractivity contribution in [1.82, 2.24) is 5.32 Å². The summed E-state index contributed by atoms with van der Waals surface area (Å²) >= 11 is 0. The van der Waals surface area contributed by atoms with Crippen LogP contribution < -0.4 is 10.1 Å². The molecule has 0 aliphatic heterocycles. The van der Waals surface area contributed by atoms with Crippen molar-refractivity contribution in [2.24, 2.45) is 0 Å². The lowest BCUT2D eigenvalue weighted by atomic mass is 10.0. The highest BCUT2D eigenvalue weighted by atomic mass is 16.5. The van der Waals surface area contributed by atoms with E-state index < -0.39 is 12.1 Å². The molecule has 0 aliphatic rings. The standard InChI is InChI=1S/C21H22N2O4/c1-15(27-19-10-6-5-9-17(19)14-22)21(26)23-18(11-12-20(24)25)13-16-7-3-2-4-8-16/h2-10,15,18H,11-13H2,1H3,(H,23,26)(H,24,25). The average Bonchev–Trinajstić information content (AvgIpc) is 2.67. The summed E-state index contributed by atoms with van der Waals surface area (Å²) in [4.78, 5) is 23.4. The first-order valence-corrected chi connectivity index (χ1v) is 8.71. The zero-order valence-electron chi connectivity index (χ0n) is 15.1. The predicted molar refractivity (Wildman–Crippen MR) is 100 cm³/mol. The number of nitriles is 1. The quantitative estimate of drug-likeness (QED) is 0.711. The maximum atomic E-state index is 12.5. The van der Waals surface area contributed by atoms with Gasteiger partial charge < -0.3 is 15.2 Å². The van der Waals surface area contributed by atoms with Crippen LogP contribution in [0.1, 0.15) is 30.9 Å². The van der Waals surface area contributed by atoms with Crippen molar-refractivity contribution in [2.75, 3.05) is 0 Å². The number of aliphatic carboxylic acids is 1. The third kappa shape index (κ3) is 6.48. The molecule has 0 fully saturated rings. The van der Waals surface area contributed by atoms with Gasteiger partial charge in [-0.05, 0) is 37.5 Å². The second-order valence-corrected chi connectivity index (χ2v) is 6.20. The summed E-state index contributed by atoms with van der Waals surface area (Å²) in [6.07, 6.45) is -0.00839. The van der Waals surface area contributed by atoms with E-state index in [1.54, 1.807) is 31.2 Å². The lowest BCUT2D eigenvalue weighted by molar-refractivity contribution is -0.137. The molecule has 0 aliphatic carbocycles. The zero-order chi connectivity index (χ0) is 19.6. The molecule has 2 aromatic carbocycles. The molecule has 6 nitrogen and oxygen atoms in total. The molecule has 2 aromatic rings. The van der Waals surface area contributed by atoms with E-state index in [1.807, 2.05) is 36.4 Å². The van der Waals surface area contributed by atoms with Gasteiger partial charge in [-0.15, -0.1) is 0 Å². The molecule has 27 heavy (non-hydrogen) atoms. The molecule has 0 spiro atoms. The van der Waals surface area contributed by atoms with Crippen molar-refractivity contribution in [3.63, 3.8) is 0 Å². The molecule has 140 valence electrons. The van der Waals surface area contributed by atoms with Crippen LogP contribution in [0.25, 0.3) is 0 Å². The monoisotopic (exact) mass is 366 g/mol. The fourth-order valence-corrected chi connectivity index (χ4v) is 2.65. The van der Waals surface area contributed by atoms with E-state index in [9.17, 15) is 9.59 Å². The fraction of sp³-hybridized carbons (Fsp3) is 0.286. The van der Waals surface area contributed by atoms with Gasteiger partial charge in [-0.25, -0.2) is 0 Å². The molecule has 0 saturated heterocycles. The average molecular weight is 366 g/mol. The number of para-hydroxylation sites is 1. The number of hydrogen-bond donors (Lipinski definition) is 2. The lowest BCUT2D eigenvalue weighted by Gasteiger charge is -2.22. The normalized spacial score (nSPS) is 12.4. The molecule has 6 heteroatoms. The number of hydrogen-bond acceptors (Lipinski definition) is 4. The van der Waals surface area contributed by atoms with Crippen molar-refractivity contribution in [3.8, 4) is 11.8 Å². The number of amides is 1. The zero-order valence-corrected chi connectivity index (χ0v) is 15.1. The van der Waals surface area contributed by atoms with Gasteiger partial charge in [0.1, 0.15) is 11.8 Å². The van der Waals surface area contributed by atoms with Crippen LogP contribution in [0, 0.1) is 11.3 Å². The minimum atomic E-state index is -0.908. The van der Waals surface area contributed by atoms with Crippen molar-refractivity contribution in [1.29, 1.82) is 5.26 Å². The summed E-state index contributed by atoms with van der Waals surface area (Å²) < 4.78 is 5.62. The van der Waals surface area contributed by atoms with Gasteiger partial charge in [-0.2, -0.15) is 5.26 Å². The number of carbonyl (C=O) groups excluding carboxylic acids is 1. The van der Waals surface area contributed by atoms with Crippen LogP contribution in [0.5, 0.6) is 5.75 Å². The molecule has 0 aromatic heterocycles. The third-order valence-electron chi connectivity index (χ3n) is 4.06. The van der Waals surface area contributed by atoms with E-state index in [4.69, 9.17) is 15.1 Å². The summed E-state index contributed by atoms with van der Waals surface area (Å²) in [5.41, 5.74) is 1.36. The molecule has 2 rings (SSSR count). The SMILES string of the molecule is CC(Oc1ccccc1C#N)C(=O)NC(CCC(=O)O)Cc1ccccc1. The summed E-state index contributed by atoms with van der Waals surface area (Å²) in [5.74, 6) is -0.920. The molecule has 2 unspecified atom stereocenters. The molecule has 0 heterocycles. The number of nitrogens with zero attached hydrogens (tertiary/aromatic N) is 1. The lowest BCUT2D eigenvalue weighted by Crippen LogP contribution is -2.43. The number of carboxylic acid groups (broad SMARTS) is 1. The number of ether oxygens (including phenoxy) is 1. The minimum Gasteiger partial charge on any atom is -0.481 e. The Morgan fingerprint density at radius 2 is 1.81 bits per heavy atom. The highest BCUT2D eigenvalue weighted by molar-refractivity contribution is 5.81. The number of carboxylic acids is 1. The molecule has 0 radical (unpaired) electrons. The van der Waals surface area contributed by atoms with Crippen LogP contribution in [-0.2, 0) is 16.0 Å². The maximum Gasteiger partial charge on any atom is 0.303 e. The molecule has 0 bridgehead atoms. The third-order valence-corrected chi connectivity index (χ3v) is 4.06. The van der Waals surface area contributed by atoms with Crippen molar-refractivity contribution in [3.05, 3.63) is 65.7 Å². The van der Waals surface area contributed by atoms with Crippen molar-refractivity contribution < 1.29 is 19.4 Å². The van der Waals surface area contributed by atoms with Gasteiger partial charge in [0.05, 0.1) is 5.56 Å². The van der Waals surface area contributed by atoms with Gasteiger partial charge in [-0.1, -0.05) is 42.5 Å². The minimum absolute atomic E-state index is 0.0374. The summed E-state index contributed by atoms with van der Waals surface area (Å²) in [6, 6.07) is 18.0. The first-order chi connectivity index (χ1) is 13.0. The van der Waals surface area contributed by atoms with E-state index in [1.165, 1.54) is 0 Å². The summed E-state index contributed by atoms with van der Waals surface area (Å²) in [5, 5.41) is 20.9. The Bertz CT molecular complexity index is 814. The first kappa shape index (κ1) is 20.0. The van der Waals surface area contributed by atoms with E-state index in [2.05, 4.69) is 5.32 Å². The summed E-state index contributed by atoms with van der Waals surface area (Å²) in [6.45, 7) is 1.60. The molecule has 2 N–H and O–H groups in total. The van der Waals surface area contributed by atoms with Gasteiger partial charge in [0.2, 0.25) is 0 Å². The van der Waals surface area contributed by atoms with Gasteiger partial charge in [0.15, 0.2) is 6.10 Å². The van der Waals surface area contributed by atoms with Crippen molar-refractivity contribution >= 4 is 11.9 Å². The maximum absolute atomic E-state index is 12.5. The largest absolute Gasteiger partial charge is 0.481 e. The van der Waals surface area contributed by atoms with E-state index in [0.29, 0.717) is 24.2 Å². The summed E-state index contributed by atoms with van der Waals surface area (Å²) in [7, 11) is 0. The van der Waals surface area contributed by atoms with E-state index in [0.717, 1.165) is 5.56 Å². The topological polar surface area (TPSA) is 99.4 Å². The Labute approximate surface area is 158 Å². The molecular formula is C21H22N2O4. The van der Waals surface area contributed by atoms with Gasteiger partial charge in [0.25, 0.3) is 5.91 Å². The Kier molecular flexibility index (Phi) is 7.38. The predicted octanol–water partition coefficient (Wildman–Crippen LogP) is 2.92. The van der Waals surface area contributed by atoms with E-state index >= 15 is 0 Å². The van der Waals surface area contributed by atoms with Crippen LogP contribution in [0.2, 0.25) is 0 Å². The van der Waals surface area contributed by atoms with Crippen LogP contribution >= 0.6 is 0 Å². The molecule has 0 saturated carbocycles. The Morgan fingerprint density at radius 1 is 1.15 bits per heavy atom. The van der Waals surface area contributed by atoms with Gasteiger partial charge in [0, 0.05) is 12.5 Å². The highest BCUT2D eigenvalue weighted by Gasteiger charge is 2.21. The number of rotatable bonds is 9. The Morgan fingerprint density at radius 3 is 2.48 bits per heavy atom. The Balaban J connectivity index is 2.02. The number of benzene rings is 2. The first-order valence-electron chi connectivity index (χ1n) is 8.71. The van der Waals surface area contributed by atoms with Crippen LogP contribution in [0.15, 0.2) is 54.6 Å². The van der Waals surface area contributed by atoms with Crippen LogP contribution in [0.4, 0.5) is 0 Å². The van der Waals surface area contributed by atoms with Crippen molar-refractivity contribution in [2.45, 2.75) is 38.3 Å². The van der Waals surface area contributed by atoms with E-state index in [-0.39, 0.29) is 18.4 Å². The molecule has 1 amide bonds. The Hall–Kier alpha value is -3.33. The van der Waals surface area contributed by atoms with Gasteiger partial charge >= 0.3 is 5.97 Å².